The van der Waals surface area contributed by atoms with Crippen molar-refractivity contribution in [2.75, 3.05) is 6.61 Å². The molecule has 6 atom stereocenters. The zero-order chi connectivity index (χ0) is 25.8. The number of aliphatic hydroxyl groups is 1. The van der Waals surface area contributed by atoms with E-state index in [4.69, 9.17) is 18.5 Å². The Labute approximate surface area is 201 Å². The van der Waals surface area contributed by atoms with Crippen LogP contribution in [0.5, 0.6) is 5.75 Å². The molecule has 12 nitrogen and oxygen atoms in total. The number of hydrogen-bond acceptors (Lipinski definition) is 9. The van der Waals surface area contributed by atoms with E-state index in [0.717, 1.165) is 10.6 Å². The minimum absolute atomic E-state index is 0.228. The molecule has 1 aromatic heterocycles. The third kappa shape index (κ3) is 6.89. The Hall–Kier alpha value is -2.76. The lowest BCUT2D eigenvalue weighted by Gasteiger charge is -2.25. The van der Waals surface area contributed by atoms with Gasteiger partial charge in [-0.25, -0.2) is 9.36 Å². The summed E-state index contributed by atoms with van der Waals surface area (Å²) < 4.78 is 36.8. The molecule has 0 spiro atoms. The fourth-order valence-corrected chi connectivity index (χ4v) is 4.98. The molecule has 1 aromatic carbocycles. The number of para-hydroxylation sites is 1. The monoisotopic (exact) mass is 511 g/mol. The number of aliphatic hydroxyl groups excluding tert-OH is 1. The third-order valence-corrected chi connectivity index (χ3v) is 6.89. The second-order valence-electron chi connectivity index (χ2n) is 8.47. The Kier molecular flexibility index (Phi) is 8.68. The van der Waals surface area contributed by atoms with Crippen molar-refractivity contribution in [2.24, 2.45) is 5.92 Å². The molecule has 0 bridgehead atoms. The van der Waals surface area contributed by atoms with E-state index in [2.05, 4.69) is 10.1 Å². The molecule has 1 fully saturated rings. The maximum Gasteiger partial charge on any atom is 0.459 e. The number of ether oxygens (including phenoxy) is 2. The molecule has 1 aliphatic heterocycles. The Bertz CT molecular complexity index is 1170. The van der Waals surface area contributed by atoms with Crippen molar-refractivity contribution >= 4 is 13.7 Å². The number of H-pyrrole nitrogens is 1. The number of nitrogens with one attached hydrogen (secondary N) is 2. The summed E-state index contributed by atoms with van der Waals surface area (Å²) in [5.41, 5.74) is -1.26. The van der Waals surface area contributed by atoms with Gasteiger partial charge in [0.2, 0.25) is 0 Å². The van der Waals surface area contributed by atoms with Crippen LogP contribution in [0.1, 0.15) is 33.9 Å². The number of rotatable bonds is 10. The normalized spacial score (nSPS) is 24.6. The summed E-state index contributed by atoms with van der Waals surface area (Å²) in [4.78, 5) is 37.9. The van der Waals surface area contributed by atoms with Gasteiger partial charge in [-0.1, -0.05) is 25.1 Å². The minimum atomic E-state index is -4.16. The number of aromatic amines is 1. The quantitative estimate of drug-likeness (QED) is 0.316. The summed E-state index contributed by atoms with van der Waals surface area (Å²) in [5, 5.41) is 13.2. The van der Waals surface area contributed by atoms with E-state index < -0.39 is 55.4 Å². The summed E-state index contributed by atoms with van der Waals surface area (Å²) in [7, 11) is -4.16. The third-order valence-electron chi connectivity index (χ3n) is 5.24. The maximum atomic E-state index is 13.6. The smallest absolute Gasteiger partial charge is 0.459 e. The largest absolute Gasteiger partial charge is 0.462 e. The molecule has 192 valence electrons. The van der Waals surface area contributed by atoms with Gasteiger partial charge in [0.15, 0.2) is 0 Å². The van der Waals surface area contributed by atoms with Gasteiger partial charge < -0.3 is 19.1 Å². The first-order chi connectivity index (χ1) is 16.5. The average Bonchev–Trinajstić information content (AvgIpc) is 3.06. The molecule has 3 N–H and O–H groups in total. The zero-order valence-electron chi connectivity index (χ0n) is 19.8. The van der Waals surface area contributed by atoms with Crippen molar-refractivity contribution in [3.05, 3.63) is 63.4 Å². The highest BCUT2D eigenvalue weighted by atomic mass is 31.2. The van der Waals surface area contributed by atoms with Gasteiger partial charge in [0.05, 0.1) is 18.8 Å². The second kappa shape index (κ2) is 11.3. The van der Waals surface area contributed by atoms with Crippen LogP contribution in [0.2, 0.25) is 0 Å². The molecule has 2 heterocycles. The molecule has 35 heavy (non-hydrogen) atoms. The molecule has 3 rings (SSSR count). The van der Waals surface area contributed by atoms with Crippen LogP contribution in [0.25, 0.3) is 0 Å². The number of benzene rings is 1. The second-order valence-corrected chi connectivity index (χ2v) is 10.2. The zero-order valence-corrected chi connectivity index (χ0v) is 20.7. The van der Waals surface area contributed by atoms with E-state index >= 15 is 0 Å². The number of aromatic nitrogens is 2. The Morgan fingerprint density at radius 2 is 1.91 bits per heavy atom. The van der Waals surface area contributed by atoms with Crippen LogP contribution in [-0.2, 0) is 23.4 Å². The SMILES string of the molecule is CC(C)OC(=O)[C@H](C)NP(=O)(OC[C@H]1O[C@@H](n2ccc(=O)[nH]c2=O)[C@@H](C)[C@@H]1O)Oc1ccccc1. The predicted molar refractivity (Wildman–Crippen MR) is 125 cm³/mol. The van der Waals surface area contributed by atoms with Crippen molar-refractivity contribution < 1.29 is 33.0 Å². The first kappa shape index (κ1) is 26.8. The van der Waals surface area contributed by atoms with E-state index in [0.29, 0.717) is 0 Å². The highest BCUT2D eigenvalue weighted by molar-refractivity contribution is 7.52. The van der Waals surface area contributed by atoms with Crippen LogP contribution in [0.3, 0.4) is 0 Å². The molecule has 0 radical (unpaired) electrons. The molecule has 0 aliphatic carbocycles. The van der Waals surface area contributed by atoms with Crippen LogP contribution in [0.15, 0.2) is 52.2 Å². The van der Waals surface area contributed by atoms with Crippen LogP contribution in [0.4, 0.5) is 0 Å². The van der Waals surface area contributed by atoms with Gasteiger partial charge in [-0.3, -0.25) is 23.7 Å². The molecule has 13 heteroatoms. The Balaban J connectivity index is 1.75. The summed E-state index contributed by atoms with van der Waals surface area (Å²) in [5.74, 6) is -0.981. The van der Waals surface area contributed by atoms with E-state index in [1.54, 1.807) is 51.1 Å². The summed E-state index contributed by atoms with van der Waals surface area (Å²) in [6.45, 7) is 6.10. The van der Waals surface area contributed by atoms with Crippen LogP contribution >= 0.6 is 7.75 Å². The Morgan fingerprint density at radius 1 is 1.23 bits per heavy atom. The van der Waals surface area contributed by atoms with Crippen LogP contribution in [0, 0.1) is 5.92 Å². The fraction of sp³-hybridized carbons (Fsp3) is 0.500. The Morgan fingerprint density at radius 3 is 2.54 bits per heavy atom. The lowest BCUT2D eigenvalue weighted by atomic mass is 10.0. The molecule has 0 amide bonds. The molecule has 1 saturated heterocycles. The molecular formula is C22H30N3O9P. The number of carbonyl (C=O) groups is 1. The number of esters is 1. The van der Waals surface area contributed by atoms with Gasteiger partial charge >= 0.3 is 19.4 Å². The van der Waals surface area contributed by atoms with Gasteiger partial charge in [0.1, 0.15) is 24.1 Å². The average molecular weight is 511 g/mol. The molecular weight excluding hydrogens is 481 g/mol. The fourth-order valence-electron chi connectivity index (χ4n) is 3.48. The first-order valence-electron chi connectivity index (χ1n) is 11.1. The van der Waals surface area contributed by atoms with Crippen LogP contribution < -0.4 is 20.9 Å². The van der Waals surface area contributed by atoms with Crippen molar-refractivity contribution in [3.8, 4) is 5.75 Å². The summed E-state index contributed by atoms with van der Waals surface area (Å²) in [6.07, 6.45) is -2.08. The maximum absolute atomic E-state index is 13.6. The lowest BCUT2D eigenvalue weighted by molar-refractivity contribution is -0.149. The van der Waals surface area contributed by atoms with E-state index in [9.17, 15) is 24.1 Å². The molecule has 1 unspecified atom stereocenters. The topological polar surface area (TPSA) is 158 Å². The van der Waals surface area contributed by atoms with Gasteiger partial charge in [-0.05, 0) is 32.9 Å². The lowest BCUT2D eigenvalue weighted by Crippen LogP contribution is -2.37. The highest BCUT2D eigenvalue weighted by Gasteiger charge is 2.44. The van der Waals surface area contributed by atoms with Gasteiger partial charge in [-0.15, -0.1) is 0 Å². The summed E-state index contributed by atoms with van der Waals surface area (Å²) >= 11 is 0. The van der Waals surface area contributed by atoms with Gasteiger partial charge in [0.25, 0.3) is 5.56 Å². The number of carbonyl (C=O) groups excluding carboxylic acids is 1. The number of hydrogen-bond donors (Lipinski definition) is 3. The van der Waals surface area contributed by atoms with Crippen molar-refractivity contribution in [2.45, 2.75) is 58.3 Å². The van der Waals surface area contributed by atoms with E-state index in [1.807, 2.05) is 0 Å². The van der Waals surface area contributed by atoms with Crippen molar-refractivity contribution in [1.82, 2.24) is 14.6 Å². The van der Waals surface area contributed by atoms with E-state index in [-0.39, 0.29) is 18.5 Å². The highest BCUT2D eigenvalue weighted by Crippen LogP contribution is 2.46. The first-order valence-corrected chi connectivity index (χ1v) is 12.7. The van der Waals surface area contributed by atoms with Crippen molar-refractivity contribution in [1.29, 1.82) is 0 Å². The van der Waals surface area contributed by atoms with E-state index in [1.165, 1.54) is 13.1 Å². The molecule has 2 aromatic rings. The van der Waals surface area contributed by atoms with Gasteiger partial charge in [-0.2, -0.15) is 5.09 Å². The predicted octanol–water partition coefficient (Wildman–Crippen LogP) is 1.56. The van der Waals surface area contributed by atoms with Crippen LogP contribution in [-0.4, -0.2) is 51.6 Å². The van der Waals surface area contributed by atoms with Crippen molar-refractivity contribution in [3.63, 3.8) is 0 Å². The van der Waals surface area contributed by atoms with Gasteiger partial charge in [0, 0.05) is 18.2 Å². The summed E-state index contributed by atoms with van der Waals surface area (Å²) in [6, 6.07) is 8.36. The standard InChI is InChI=1S/C22H30N3O9P/c1-13(2)32-21(28)15(4)24-35(30,34-16-8-6-5-7-9-16)31-12-17-19(27)14(3)20(33-17)25-11-10-18(26)23-22(25)29/h5-11,13-15,17,19-20,27H,12H2,1-4H3,(H,24,30)(H,23,26,29)/t14-,15-,17+,19-,20+,35?/m0/s1. The number of nitrogens with zero attached hydrogens (tertiary/aromatic N) is 1. The molecule has 1 aliphatic rings. The minimum Gasteiger partial charge on any atom is -0.462 e. The molecule has 0 saturated carbocycles.